The van der Waals surface area contributed by atoms with E-state index in [1.807, 2.05) is 0 Å². The van der Waals surface area contributed by atoms with Crippen LogP contribution in [0.15, 0.2) is 48.5 Å². The van der Waals surface area contributed by atoms with Crippen molar-refractivity contribution in [2.24, 2.45) is 0 Å². The number of hydrogen-bond acceptors (Lipinski definition) is 4. The van der Waals surface area contributed by atoms with Crippen LogP contribution in [0.2, 0.25) is 9.36 Å². The van der Waals surface area contributed by atoms with Gasteiger partial charge in [0.25, 0.3) is 11.8 Å². The molecule has 0 spiro atoms. The monoisotopic (exact) mass is 527 g/mol. The van der Waals surface area contributed by atoms with E-state index >= 15 is 0 Å². The molecular formula is C27H27Cl2N3O2S. The van der Waals surface area contributed by atoms with Crippen LogP contribution < -0.4 is 5.32 Å². The highest BCUT2D eigenvalue weighted by Crippen LogP contribution is 2.51. The molecule has 1 fully saturated rings. The van der Waals surface area contributed by atoms with Crippen molar-refractivity contribution in [3.05, 3.63) is 85.0 Å². The molecule has 1 N–H and O–H groups in total. The standard InChI is InChI=1S/C27H27Cl2N3O2S/c1-31(2)12-11-27(9-10-27)18-5-3-17(4-6-18)15-32-16-21-20(26(32)34)13-19(28)14-22(21)30-25(33)23-7-8-24(29)35-23/h3-8,13-14H,9-12,15-16H2,1-2H3,(H,30,33). The largest absolute Gasteiger partial charge is 0.330 e. The predicted octanol–water partition coefficient (Wildman–Crippen LogP) is 6.45. The molecule has 0 saturated heterocycles. The summed E-state index contributed by atoms with van der Waals surface area (Å²) >= 11 is 13.5. The van der Waals surface area contributed by atoms with Gasteiger partial charge in [-0.25, -0.2) is 0 Å². The number of halogens is 2. The van der Waals surface area contributed by atoms with Gasteiger partial charge in [-0.15, -0.1) is 11.3 Å². The molecular weight excluding hydrogens is 501 g/mol. The number of carbonyl (C=O) groups is 2. The van der Waals surface area contributed by atoms with Crippen molar-refractivity contribution >= 4 is 52.0 Å². The summed E-state index contributed by atoms with van der Waals surface area (Å²) in [5.74, 6) is -0.345. The first-order valence-electron chi connectivity index (χ1n) is 11.7. The molecule has 8 heteroatoms. The smallest absolute Gasteiger partial charge is 0.265 e. The van der Waals surface area contributed by atoms with Crippen molar-refractivity contribution in [1.29, 1.82) is 0 Å². The Labute approximate surface area is 219 Å². The lowest BCUT2D eigenvalue weighted by molar-refractivity contribution is 0.0766. The average Bonchev–Trinajstić information content (AvgIpc) is 3.39. The highest BCUT2D eigenvalue weighted by molar-refractivity contribution is 7.18. The molecule has 1 aliphatic carbocycles. The lowest BCUT2D eigenvalue weighted by Gasteiger charge is -2.20. The molecule has 0 unspecified atom stereocenters. The highest BCUT2D eigenvalue weighted by Gasteiger charge is 2.43. The van der Waals surface area contributed by atoms with Crippen LogP contribution in [0.3, 0.4) is 0 Å². The number of amides is 2. The number of carbonyl (C=O) groups excluding carboxylic acids is 2. The van der Waals surface area contributed by atoms with Gasteiger partial charge in [-0.1, -0.05) is 47.5 Å². The third-order valence-electron chi connectivity index (χ3n) is 6.96. The summed E-state index contributed by atoms with van der Waals surface area (Å²) in [6, 6.07) is 15.5. The average molecular weight is 529 g/mol. The van der Waals surface area contributed by atoms with Gasteiger partial charge < -0.3 is 15.1 Å². The number of fused-ring (bicyclic) bond motifs is 1. The highest BCUT2D eigenvalue weighted by atomic mass is 35.5. The first-order chi connectivity index (χ1) is 16.7. The van der Waals surface area contributed by atoms with Gasteiger partial charge in [0.2, 0.25) is 0 Å². The van der Waals surface area contributed by atoms with Crippen molar-refractivity contribution < 1.29 is 9.59 Å². The minimum Gasteiger partial charge on any atom is -0.330 e. The molecule has 0 bridgehead atoms. The van der Waals surface area contributed by atoms with E-state index in [9.17, 15) is 9.59 Å². The van der Waals surface area contributed by atoms with Gasteiger partial charge in [0.1, 0.15) is 0 Å². The van der Waals surface area contributed by atoms with Crippen LogP contribution in [0, 0.1) is 0 Å². The van der Waals surface area contributed by atoms with Crippen molar-refractivity contribution in [2.75, 3.05) is 26.0 Å². The van der Waals surface area contributed by atoms with Crippen LogP contribution in [0.1, 0.15) is 56.0 Å². The fourth-order valence-corrected chi connectivity index (χ4v) is 5.90. The lowest BCUT2D eigenvalue weighted by atomic mass is 9.91. The zero-order chi connectivity index (χ0) is 24.7. The maximum Gasteiger partial charge on any atom is 0.265 e. The van der Waals surface area contributed by atoms with E-state index in [2.05, 4.69) is 48.6 Å². The van der Waals surface area contributed by atoms with Crippen molar-refractivity contribution in [3.8, 4) is 0 Å². The van der Waals surface area contributed by atoms with Crippen LogP contribution in [0.5, 0.6) is 0 Å². The third-order valence-corrected chi connectivity index (χ3v) is 8.41. The second-order valence-corrected chi connectivity index (χ2v) is 11.9. The van der Waals surface area contributed by atoms with Gasteiger partial charge >= 0.3 is 0 Å². The minimum atomic E-state index is -0.267. The Bertz CT molecular complexity index is 1280. The molecule has 35 heavy (non-hydrogen) atoms. The minimum absolute atomic E-state index is 0.0779. The van der Waals surface area contributed by atoms with Gasteiger partial charge in [-0.3, -0.25) is 9.59 Å². The van der Waals surface area contributed by atoms with Gasteiger partial charge in [0.05, 0.1) is 9.21 Å². The first-order valence-corrected chi connectivity index (χ1v) is 13.2. The van der Waals surface area contributed by atoms with E-state index in [1.165, 1.54) is 36.2 Å². The number of hydrogen-bond donors (Lipinski definition) is 1. The summed E-state index contributed by atoms with van der Waals surface area (Å²) in [6.07, 6.45) is 3.66. The molecule has 5 nitrogen and oxygen atoms in total. The number of nitrogens with one attached hydrogen (secondary N) is 1. The third kappa shape index (κ3) is 5.12. The van der Waals surface area contributed by atoms with E-state index in [1.54, 1.807) is 29.2 Å². The number of thiophene rings is 1. The Morgan fingerprint density at radius 1 is 1.11 bits per heavy atom. The normalized spacial score (nSPS) is 16.0. The zero-order valence-corrected chi connectivity index (χ0v) is 22.1. The van der Waals surface area contributed by atoms with Gasteiger partial charge in [-0.2, -0.15) is 0 Å². The number of rotatable bonds is 8. The zero-order valence-electron chi connectivity index (χ0n) is 19.7. The maximum absolute atomic E-state index is 13.2. The van der Waals surface area contributed by atoms with Crippen molar-refractivity contribution in [1.82, 2.24) is 9.80 Å². The predicted molar refractivity (Wildman–Crippen MR) is 143 cm³/mol. The van der Waals surface area contributed by atoms with Crippen LogP contribution in [-0.4, -0.2) is 42.3 Å². The number of nitrogens with zero attached hydrogens (tertiary/aromatic N) is 2. The molecule has 3 aromatic rings. The lowest BCUT2D eigenvalue weighted by Crippen LogP contribution is -2.23. The van der Waals surface area contributed by atoms with E-state index < -0.39 is 0 Å². The molecule has 2 aromatic carbocycles. The Morgan fingerprint density at radius 2 is 1.86 bits per heavy atom. The van der Waals surface area contributed by atoms with Crippen LogP contribution in [0.25, 0.3) is 0 Å². The molecule has 5 rings (SSSR count). The number of anilines is 1. The summed E-state index contributed by atoms with van der Waals surface area (Å²) in [5.41, 5.74) is 4.68. The molecule has 182 valence electrons. The Kier molecular flexibility index (Phi) is 6.66. The number of benzene rings is 2. The van der Waals surface area contributed by atoms with Gasteiger partial charge in [-0.05, 0) is 80.7 Å². The second kappa shape index (κ2) is 9.58. The van der Waals surface area contributed by atoms with E-state index in [0.29, 0.717) is 44.0 Å². The first kappa shape index (κ1) is 24.3. The van der Waals surface area contributed by atoms with Crippen molar-refractivity contribution in [3.63, 3.8) is 0 Å². The maximum atomic E-state index is 13.2. The molecule has 2 heterocycles. The Morgan fingerprint density at radius 3 is 2.49 bits per heavy atom. The van der Waals surface area contributed by atoms with E-state index in [0.717, 1.165) is 17.7 Å². The molecule has 1 aromatic heterocycles. The van der Waals surface area contributed by atoms with Gasteiger partial charge in [0, 0.05) is 34.9 Å². The topological polar surface area (TPSA) is 52.6 Å². The summed E-state index contributed by atoms with van der Waals surface area (Å²) in [4.78, 5) is 30.4. The summed E-state index contributed by atoms with van der Waals surface area (Å²) in [6.45, 7) is 2.01. The second-order valence-electron chi connectivity index (χ2n) is 9.73. The summed E-state index contributed by atoms with van der Waals surface area (Å²) < 4.78 is 0.546. The van der Waals surface area contributed by atoms with Crippen LogP contribution in [0.4, 0.5) is 5.69 Å². The SMILES string of the molecule is CN(C)CCC1(c2ccc(CN3Cc4c(NC(=O)c5ccc(Cl)s5)cc(Cl)cc4C3=O)cc2)CC1. The van der Waals surface area contributed by atoms with Crippen LogP contribution in [-0.2, 0) is 18.5 Å². The Hall–Kier alpha value is -2.38. The molecule has 2 amide bonds. The molecule has 0 atom stereocenters. The molecule has 0 radical (unpaired) electrons. The molecule has 1 saturated carbocycles. The molecule has 1 aliphatic heterocycles. The van der Waals surface area contributed by atoms with E-state index in [-0.39, 0.29) is 11.8 Å². The van der Waals surface area contributed by atoms with E-state index in [4.69, 9.17) is 23.2 Å². The fourth-order valence-electron chi connectivity index (χ4n) is 4.75. The Balaban J connectivity index is 1.30. The van der Waals surface area contributed by atoms with Crippen molar-refractivity contribution in [2.45, 2.75) is 37.8 Å². The quantitative estimate of drug-likeness (QED) is 0.366. The van der Waals surface area contributed by atoms with Crippen LogP contribution >= 0.6 is 34.5 Å². The summed E-state index contributed by atoms with van der Waals surface area (Å²) in [7, 11) is 4.23. The summed E-state index contributed by atoms with van der Waals surface area (Å²) in [5, 5.41) is 3.33. The molecule has 2 aliphatic rings. The van der Waals surface area contributed by atoms with Gasteiger partial charge in [0.15, 0.2) is 0 Å². The fraction of sp³-hybridized carbons (Fsp3) is 0.333.